The van der Waals surface area contributed by atoms with Crippen LogP contribution in [0.15, 0.2) is 46.9 Å². The third-order valence-corrected chi connectivity index (χ3v) is 5.08. The molecule has 0 heterocycles. The van der Waals surface area contributed by atoms with E-state index in [2.05, 4.69) is 15.9 Å². The van der Waals surface area contributed by atoms with E-state index in [0.29, 0.717) is 20.1 Å². The second-order valence-electron chi connectivity index (χ2n) is 4.71. The smallest absolute Gasteiger partial charge is 0.255 e. The summed E-state index contributed by atoms with van der Waals surface area (Å²) in [6.45, 7) is 1.94. The maximum absolute atomic E-state index is 12.6. The van der Waals surface area contributed by atoms with Crippen molar-refractivity contribution in [3.63, 3.8) is 0 Å². The summed E-state index contributed by atoms with van der Waals surface area (Å²) in [5.41, 5.74) is 1.37. The van der Waals surface area contributed by atoms with Gasteiger partial charge in [0.2, 0.25) is 0 Å². The average molecular weight is 387 g/mol. The maximum atomic E-state index is 12.6. The summed E-state index contributed by atoms with van der Waals surface area (Å²) >= 11 is 15.7. The van der Waals surface area contributed by atoms with Gasteiger partial charge in [0.1, 0.15) is 0 Å². The first kappa shape index (κ1) is 16.3. The molecule has 0 spiro atoms. The summed E-state index contributed by atoms with van der Waals surface area (Å²) in [5, 5.41) is 1.06. The lowest BCUT2D eigenvalue weighted by Gasteiger charge is -2.26. The molecule has 110 valence electrons. The fourth-order valence-corrected chi connectivity index (χ4v) is 2.92. The number of rotatable bonds is 3. The molecular weight excluding hydrogens is 373 g/mol. The van der Waals surface area contributed by atoms with Crippen molar-refractivity contribution in [2.45, 2.75) is 13.0 Å². The summed E-state index contributed by atoms with van der Waals surface area (Å²) in [6, 6.07) is 12.7. The molecule has 0 bridgehead atoms. The highest BCUT2D eigenvalue weighted by molar-refractivity contribution is 9.10. The maximum Gasteiger partial charge on any atom is 0.255 e. The van der Waals surface area contributed by atoms with E-state index in [9.17, 15) is 4.79 Å². The summed E-state index contributed by atoms with van der Waals surface area (Å²) in [6.07, 6.45) is 0. The molecule has 2 aromatic rings. The summed E-state index contributed by atoms with van der Waals surface area (Å²) in [7, 11) is 1.74. The van der Waals surface area contributed by atoms with Crippen molar-refractivity contribution in [1.82, 2.24) is 4.90 Å². The van der Waals surface area contributed by atoms with E-state index in [1.807, 2.05) is 31.2 Å². The molecule has 0 fully saturated rings. The van der Waals surface area contributed by atoms with Crippen LogP contribution in [-0.4, -0.2) is 17.9 Å². The van der Waals surface area contributed by atoms with Gasteiger partial charge in [-0.3, -0.25) is 4.79 Å². The van der Waals surface area contributed by atoms with Gasteiger partial charge in [-0.2, -0.15) is 0 Å². The standard InChI is InChI=1S/C16H14BrCl2NO/c1-10(11-6-3-4-9-14(11)18)20(2)16(21)12-7-5-8-13(17)15(12)19/h3-10H,1-2H3. The fraction of sp³-hybridized carbons (Fsp3) is 0.188. The van der Waals surface area contributed by atoms with E-state index in [-0.39, 0.29) is 11.9 Å². The number of halogens is 3. The Morgan fingerprint density at radius 3 is 2.48 bits per heavy atom. The zero-order valence-electron chi connectivity index (χ0n) is 11.6. The van der Waals surface area contributed by atoms with Crippen molar-refractivity contribution < 1.29 is 4.79 Å². The van der Waals surface area contributed by atoms with Crippen LogP contribution < -0.4 is 0 Å². The summed E-state index contributed by atoms with van der Waals surface area (Å²) < 4.78 is 0.703. The average Bonchev–Trinajstić information content (AvgIpc) is 2.48. The van der Waals surface area contributed by atoms with Crippen molar-refractivity contribution in [1.29, 1.82) is 0 Å². The Morgan fingerprint density at radius 1 is 1.14 bits per heavy atom. The van der Waals surface area contributed by atoms with Gasteiger partial charge in [-0.05, 0) is 46.6 Å². The van der Waals surface area contributed by atoms with Crippen molar-refractivity contribution in [2.75, 3.05) is 7.05 Å². The first-order valence-corrected chi connectivity index (χ1v) is 7.94. The number of carbonyl (C=O) groups is 1. The number of benzene rings is 2. The van der Waals surface area contributed by atoms with Crippen LogP contribution in [0, 0.1) is 0 Å². The Balaban J connectivity index is 2.31. The molecule has 21 heavy (non-hydrogen) atoms. The van der Waals surface area contributed by atoms with Gasteiger partial charge >= 0.3 is 0 Å². The molecule has 2 nitrogen and oxygen atoms in total. The molecule has 1 amide bonds. The number of amides is 1. The molecule has 0 saturated heterocycles. The van der Waals surface area contributed by atoms with Crippen LogP contribution in [0.25, 0.3) is 0 Å². The van der Waals surface area contributed by atoms with Crippen LogP contribution in [0.2, 0.25) is 10.0 Å². The van der Waals surface area contributed by atoms with Crippen LogP contribution in [0.3, 0.4) is 0 Å². The highest BCUT2D eigenvalue weighted by Gasteiger charge is 2.22. The summed E-state index contributed by atoms with van der Waals surface area (Å²) in [4.78, 5) is 14.3. The zero-order valence-corrected chi connectivity index (χ0v) is 14.7. The van der Waals surface area contributed by atoms with Crippen LogP contribution >= 0.6 is 39.1 Å². The number of nitrogens with zero attached hydrogens (tertiary/aromatic N) is 1. The molecule has 1 unspecified atom stereocenters. The van der Waals surface area contributed by atoms with Crippen LogP contribution in [-0.2, 0) is 0 Å². The predicted octanol–water partition coefficient (Wildman–Crippen LogP) is 5.59. The molecule has 0 aromatic heterocycles. The van der Waals surface area contributed by atoms with E-state index in [1.54, 1.807) is 30.1 Å². The van der Waals surface area contributed by atoms with Crippen molar-refractivity contribution >= 4 is 45.0 Å². The van der Waals surface area contributed by atoms with E-state index in [4.69, 9.17) is 23.2 Å². The first-order chi connectivity index (χ1) is 9.93. The Labute approximate surface area is 142 Å². The van der Waals surface area contributed by atoms with Gasteiger partial charge in [-0.15, -0.1) is 0 Å². The molecule has 0 N–H and O–H groups in total. The van der Waals surface area contributed by atoms with Crippen LogP contribution in [0.4, 0.5) is 0 Å². The normalized spacial score (nSPS) is 12.0. The fourth-order valence-electron chi connectivity index (χ4n) is 2.06. The topological polar surface area (TPSA) is 20.3 Å². The second kappa shape index (κ2) is 6.82. The SMILES string of the molecule is CC(c1ccccc1Cl)N(C)C(=O)c1cccc(Br)c1Cl. The van der Waals surface area contributed by atoms with E-state index >= 15 is 0 Å². The minimum absolute atomic E-state index is 0.145. The first-order valence-electron chi connectivity index (χ1n) is 6.39. The van der Waals surface area contributed by atoms with Crippen LogP contribution in [0.5, 0.6) is 0 Å². The second-order valence-corrected chi connectivity index (χ2v) is 6.35. The molecule has 0 radical (unpaired) electrons. The largest absolute Gasteiger partial charge is 0.335 e. The Kier molecular flexibility index (Phi) is 5.31. The molecule has 5 heteroatoms. The molecule has 0 saturated carbocycles. The molecule has 2 rings (SSSR count). The molecular formula is C16H14BrCl2NO. The third-order valence-electron chi connectivity index (χ3n) is 3.44. The lowest BCUT2D eigenvalue weighted by molar-refractivity contribution is 0.0743. The summed E-state index contributed by atoms with van der Waals surface area (Å²) in [5.74, 6) is -0.145. The quantitative estimate of drug-likeness (QED) is 0.673. The lowest BCUT2D eigenvalue weighted by Crippen LogP contribution is -2.30. The Morgan fingerprint density at radius 2 is 1.81 bits per heavy atom. The minimum atomic E-state index is -0.152. The van der Waals surface area contributed by atoms with Gasteiger partial charge in [0.05, 0.1) is 16.6 Å². The minimum Gasteiger partial charge on any atom is -0.335 e. The lowest BCUT2D eigenvalue weighted by atomic mass is 10.1. The Bertz CT molecular complexity index is 675. The van der Waals surface area contributed by atoms with Gasteiger partial charge in [0.25, 0.3) is 5.91 Å². The van der Waals surface area contributed by atoms with Crippen molar-refractivity contribution in [3.8, 4) is 0 Å². The van der Waals surface area contributed by atoms with Crippen molar-refractivity contribution in [2.24, 2.45) is 0 Å². The molecule has 2 aromatic carbocycles. The number of hydrogen-bond donors (Lipinski definition) is 0. The number of hydrogen-bond acceptors (Lipinski definition) is 1. The van der Waals surface area contributed by atoms with Gasteiger partial charge < -0.3 is 4.90 Å². The van der Waals surface area contributed by atoms with Gasteiger partial charge in [0, 0.05) is 16.5 Å². The monoisotopic (exact) mass is 385 g/mol. The van der Waals surface area contributed by atoms with Gasteiger partial charge in [-0.25, -0.2) is 0 Å². The van der Waals surface area contributed by atoms with Gasteiger partial charge in [0.15, 0.2) is 0 Å². The van der Waals surface area contributed by atoms with Crippen LogP contribution in [0.1, 0.15) is 28.9 Å². The zero-order chi connectivity index (χ0) is 15.6. The van der Waals surface area contributed by atoms with E-state index in [0.717, 1.165) is 5.56 Å². The molecule has 0 aliphatic rings. The predicted molar refractivity (Wildman–Crippen MR) is 91.1 cm³/mol. The number of carbonyl (C=O) groups excluding carboxylic acids is 1. The molecule has 1 atom stereocenters. The molecule has 0 aliphatic carbocycles. The highest BCUT2D eigenvalue weighted by atomic mass is 79.9. The van der Waals surface area contributed by atoms with E-state index < -0.39 is 0 Å². The molecule has 0 aliphatic heterocycles. The third kappa shape index (κ3) is 3.42. The Hall–Kier alpha value is -1.03. The highest BCUT2D eigenvalue weighted by Crippen LogP contribution is 2.30. The van der Waals surface area contributed by atoms with Crippen molar-refractivity contribution in [3.05, 3.63) is 68.1 Å². The van der Waals surface area contributed by atoms with E-state index in [1.165, 1.54) is 0 Å². The van der Waals surface area contributed by atoms with Gasteiger partial charge in [-0.1, -0.05) is 47.5 Å².